The van der Waals surface area contributed by atoms with Gasteiger partial charge in [0.1, 0.15) is 0 Å². The summed E-state index contributed by atoms with van der Waals surface area (Å²) in [5.41, 5.74) is 1.35. The summed E-state index contributed by atoms with van der Waals surface area (Å²) in [5.74, 6) is -0.353. The van der Waals surface area contributed by atoms with E-state index in [-0.39, 0.29) is 30.7 Å². The number of halogens is 1. The average molecular weight is 416 g/mol. The van der Waals surface area contributed by atoms with Gasteiger partial charge in [0.05, 0.1) is 27.9 Å². The number of ether oxygens (including phenoxy) is 1. The Kier molecular flexibility index (Phi) is 5.31. The molecule has 2 heterocycles. The molecule has 1 amide bonds. The lowest BCUT2D eigenvalue weighted by Crippen LogP contribution is -2.31. The second kappa shape index (κ2) is 8.04. The van der Waals surface area contributed by atoms with Gasteiger partial charge in [0.15, 0.2) is 6.61 Å². The Morgan fingerprint density at radius 2 is 1.96 bits per heavy atom. The summed E-state index contributed by atoms with van der Waals surface area (Å²) in [6, 6.07) is 14.5. The maximum Gasteiger partial charge on any atom is 0.307 e. The van der Waals surface area contributed by atoms with E-state index in [2.05, 4.69) is 15.5 Å². The number of carbonyl (C=O) groups excluding carboxylic acids is 2. The van der Waals surface area contributed by atoms with Gasteiger partial charge < -0.3 is 14.5 Å². The molecule has 1 aliphatic heterocycles. The fourth-order valence-electron chi connectivity index (χ4n) is 2.64. The van der Waals surface area contributed by atoms with Crippen molar-refractivity contribution < 1.29 is 18.7 Å². The number of nitrogens with zero attached hydrogens (tertiary/aromatic N) is 2. The van der Waals surface area contributed by atoms with Crippen molar-refractivity contribution in [1.29, 1.82) is 0 Å². The van der Waals surface area contributed by atoms with Gasteiger partial charge in [-0.15, -0.1) is 22.0 Å². The predicted molar refractivity (Wildman–Crippen MR) is 104 cm³/mol. The standard InChI is InChI=1S/C19H14ClN3O4S/c20-12-6-2-1-5-11(12)19-23-22-16(27-19)10-26-17(24)9-15-18(25)21-13-7-3-4-8-14(13)28-15/h1-8,15H,9-10H2,(H,21,25). The van der Waals surface area contributed by atoms with Gasteiger partial charge in [0.25, 0.3) is 5.89 Å². The Labute approximate surface area is 169 Å². The van der Waals surface area contributed by atoms with Crippen molar-refractivity contribution in [3.8, 4) is 11.5 Å². The SMILES string of the molecule is O=C(CC1Sc2ccccc2NC1=O)OCc1nnc(-c2ccccc2Cl)o1. The molecule has 4 rings (SSSR count). The molecule has 0 aliphatic carbocycles. The number of rotatable bonds is 5. The second-order valence-corrected chi connectivity index (χ2v) is 7.59. The Morgan fingerprint density at radius 1 is 1.18 bits per heavy atom. The van der Waals surface area contributed by atoms with Crippen LogP contribution in [0.2, 0.25) is 5.02 Å². The lowest BCUT2D eigenvalue weighted by Gasteiger charge is -2.23. The van der Waals surface area contributed by atoms with E-state index < -0.39 is 11.2 Å². The Balaban J connectivity index is 1.34. The second-order valence-electron chi connectivity index (χ2n) is 5.94. The highest BCUT2D eigenvalue weighted by Crippen LogP contribution is 2.36. The topological polar surface area (TPSA) is 94.3 Å². The van der Waals surface area contributed by atoms with E-state index in [1.165, 1.54) is 11.8 Å². The predicted octanol–water partition coefficient (Wildman–Crippen LogP) is 3.94. The van der Waals surface area contributed by atoms with Crippen molar-refractivity contribution in [3.05, 3.63) is 59.4 Å². The highest BCUT2D eigenvalue weighted by Gasteiger charge is 2.29. The summed E-state index contributed by atoms with van der Waals surface area (Å²) < 4.78 is 10.7. The molecule has 0 spiro atoms. The zero-order valence-electron chi connectivity index (χ0n) is 14.4. The number of thioether (sulfide) groups is 1. The van der Waals surface area contributed by atoms with Crippen LogP contribution in [0, 0.1) is 0 Å². The van der Waals surface area contributed by atoms with Crippen molar-refractivity contribution in [2.75, 3.05) is 5.32 Å². The third-order valence-electron chi connectivity index (χ3n) is 3.99. The molecule has 7 nitrogen and oxygen atoms in total. The largest absolute Gasteiger partial charge is 0.456 e. The molecule has 1 atom stereocenters. The van der Waals surface area contributed by atoms with Crippen LogP contribution in [-0.4, -0.2) is 27.3 Å². The number of anilines is 1. The first-order valence-corrected chi connectivity index (χ1v) is 9.65. The number of aromatic nitrogens is 2. The first kappa shape index (κ1) is 18.5. The molecule has 2 aromatic carbocycles. The van der Waals surface area contributed by atoms with Crippen molar-refractivity contribution >= 4 is 40.9 Å². The van der Waals surface area contributed by atoms with Crippen LogP contribution in [0.3, 0.4) is 0 Å². The van der Waals surface area contributed by atoms with Crippen LogP contribution in [-0.2, 0) is 20.9 Å². The van der Waals surface area contributed by atoms with Crippen molar-refractivity contribution in [1.82, 2.24) is 10.2 Å². The molecule has 0 saturated carbocycles. The van der Waals surface area contributed by atoms with Crippen LogP contribution in [0.1, 0.15) is 12.3 Å². The van der Waals surface area contributed by atoms with Crippen molar-refractivity contribution in [2.45, 2.75) is 23.2 Å². The number of hydrogen-bond acceptors (Lipinski definition) is 7. The third kappa shape index (κ3) is 4.02. The first-order chi connectivity index (χ1) is 13.6. The van der Waals surface area contributed by atoms with Crippen molar-refractivity contribution in [3.63, 3.8) is 0 Å². The fraction of sp³-hybridized carbons (Fsp3) is 0.158. The van der Waals surface area contributed by atoms with Crippen LogP contribution in [0.4, 0.5) is 5.69 Å². The number of nitrogens with one attached hydrogen (secondary N) is 1. The fourth-order valence-corrected chi connectivity index (χ4v) is 3.95. The zero-order chi connectivity index (χ0) is 19.5. The number of carbonyl (C=O) groups is 2. The molecule has 1 aliphatic rings. The van der Waals surface area contributed by atoms with Gasteiger partial charge in [-0.3, -0.25) is 9.59 Å². The number of benzene rings is 2. The number of esters is 1. The Bertz CT molecular complexity index is 1040. The molecule has 28 heavy (non-hydrogen) atoms. The van der Waals surface area contributed by atoms with Gasteiger partial charge in [-0.25, -0.2) is 0 Å². The molecule has 0 fully saturated rings. The molecule has 0 radical (unpaired) electrons. The van der Waals surface area contributed by atoms with Gasteiger partial charge in [-0.05, 0) is 24.3 Å². The summed E-state index contributed by atoms with van der Waals surface area (Å²) in [5, 5.41) is 10.5. The van der Waals surface area contributed by atoms with Crippen LogP contribution in [0.15, 0.2) is 57.8 Å². The monoisotopic (exact) mass is 415 g/mol. The van der Waals surface area contributed by atoms with E-state index in [0.29, 0.717) is 10.6 Å². The molecule has 0 bridgehead atoms. The van der Waals surface area contributed by atoms with Gasteiger partial charge in [-0.1, -0.05) is 35.9 Å². The summed E-state index contributed by atoms with van der Waals surface area (Å²) in [6.45, 7) is -0.175. The lowest BCUT2D eigenvalue weighted by atomic mass is 10.2. The molecule has 1 N–H and O–H groups in total. The van der Waals surface area contributed by atoms with Gasteiger partial charge in [-0.2, -0.15) is 0 Å². The normalized spacial score (nSPS) is 15.6. The molecule has 1 unspecified atom stereocenters. The van der Waals surface area contributed by atoms with E-state index in [9.17, 15) is 9.59 Å². The van der Waals surface area contributed by atoms with E-state index in [0.717, 1.165) is 10.6 Å². The summed E-state index contributed by atoms with van der Waals surface area (Å²) in [7, 11) is 0. The van der Waals surface area contributed by atoms with Crippen LogP contribution >= 0.6 is 23.4 Å². The molecule has 9 heteroatoms. The molecule has 0 saturated heterocycles. The van der Waals surface area contributed by atoms with Crippen LogP contribution in [0.5, 0.6) is 0 Å². The zero-order valence-corrected chi connectivity index (χ0v) is 16.0. The summed E-state index contributed by atoms with van der Waals surface area (Å²) in [4.78, 5) is 25.2. The summed E-state index contributed by atoms with van der Waals surface area (Å²) >= 11 is 7.44. The highest BCUT2D eigenvalue weighted by molar-refractivity contribution is 8.01. The maximum absolute atomic E-state index is 12.2. The first-order valence-electron chi connectivity index (χ1n) is 8.39. The minimum absolute atomic E-state index is 0.0592. The highest BCUT2D eigenvalue weighted by atomic mass is 35.5. The van der Waals surface area contributed by atoms with Gasteiger partial charge >= 0.3 is 5.97 Å². The van der Waals surface area contributed by atoms with Crippen molar-refractivity contribution in [2.24, 2.45) is 0 Å². The van der Waals surface area contributed by atoms with Crippen LogP contribution < -0.4 is 5.32 Å². The van der Waals surface area contributed by atoms with Gasteiger partial charge in [0, 0.05) is 4.90 Å². The average Bonchev–Trinajstić information content (AvgIpc) is 3.16. The van der Waals surface area contributed by atoms with E-state index in [4.69, 9.17) is 20.8 Å². The number of para-hydroxylation sites is 1. The lowest BCUT2D eigenvalue weighted by molar-refractivity contribution is -0.146. The smallest absolute Gasteiger partial charge is 0.307 e. The van der Waals surface area contributed by atoms with E-state index >= 15 is 0 Å². The summed E-state index contributed by atoms with van der Waals surface area (Å²) in [6.07, 6.45) is -0.0592. The molecule has 1 aromatic heterocycles. The minimum Gasteiger partial charge on any atom is -0.456 e. The van der Waals surface area contributed by atoms with E-state index in [1.807, 2.05) is 24.3 Å². The maximum atomic E-state index is 12.2. The number of amides is 1. The number of hydrogen-bond donors (Lipinski definition) is 1. The quantitative estimate of drug-likeness (QED) is 0.630. The Hall–Kier alpha value is -2.84. The molecule has 3 aromatic rings. The third-order valence-corrected chi connectivity index (χ3v) is 5.59. The van der Waals surface area contributed by atoms with Gasteiger partial charge in [0.2, 0.25) is 11.8 Å². The molecule has 142 valence electrons. The molecular formula is C19H14ClN3O4S. The Morgan fingerprint density at radius 3 is 2.82 bits per heavy atom. The number of fused-ring (bicyclic) bond motifs is 1. The van der Waals surface area contributed by atoms with E-state index in [1.54, 1.807) is 24.3 Å². The van der Waals surface area contributed by atoms with Crippen LogP contribution in [0.25, 0.3) is 11.5 Å². The minimum atomic E-state index is -0.552. The molecular weight excluding hydrogens is 402 g/mol.